The minimum absolute atomic E-state index is 0.145. The molecule has 3 unspecified atom stereocenters. The van der Waals surface area contributed by atoms with Crippen molar-refractivity contribution < 1.29 is 15.3 Å². The highest BCUT2D eigenvalue weighted by atomic mass is 16.3. The normalized spacial score (nSPS) is 22.8. The first-order valence-corrected chi connectivity index (χ1v) is 11.4. The first-order chi connectivity index (χ1) is 13.2. The van der Waals surface area contributed by atoms with Crippen LogP contribution in [-0.4, -0.2) is 107 Å². The molecule has 1 fully saturated rings. The van der Waals surface area contributed by atoms with Crippen LogP contribution in [0.1, 0.15) is 55.4 Å². The van der Waals surface area contributed by atoms with Crippen molar-refractivity contribution in [3.8, 4) is 0 Å². The molecule has 29 heavy (non-hydrogen) atoms. The lowest BCUT2D eigenvalue weighted by Gasteiger charge is -2.34. The molecule has 0 amide bonds. The van der Waals surface area contributed by atoms with Gasteiger partial charge in [-0.15, -0.1) is 0 Å². The monoisotopic (exact) mass is 415 g/mol. The van der Waals surface area contributed by atoms with E-state index in [9.17, 15) is 15.3 Å². The fraction of sp³-hybridized carbons (Fsp3) is 1.00. The Hall–Kier alpha value is -0.240. The quantitative estimate of drug-likeness (QED) is 0.588. The Balaban J connectivity index is 2.86. The molecular weight excluding hydrogens is 366 g/mol. The van der Waals surface area contributed by atoms with Gasteiger partial charge < -0.3 is 15.3 Å². The molecule has 1 saturated heterocycles. The second-order valence-electron chi connectivity index (χ2n) is 11.5. The third-order valence-electron chi connectivity index (χ3n) is 6.27. The van der Waals surface area contributed by atoms with Crippen molar-refractivity contribution in [3.63, 3.8) is 0 Å². The average Bonchev–Trinajstić information content (AvgIpc) is 2.66. The number of hydrogen-bond donors (Lipinski definition) is 3. The van der Waals surface area contributed by atoms with Gasteiger partial charge in [0.2, 0.25) is 0 Å². The predicted molar refractivity (Wildman–Crippen MR) is 121 cm³/mol. The summed E-state index contributed by atoms with van der Waals surface area (Å²) in [6.07, 6.45) is -1.10. The Bertz CT molecular complexity index is 425. The van der Waals surface area contributed by atoms with Crippen molar-refractivity contribution in [2.45, 2.75) is 73.7 Å². The van der Waals surface area contributed by atoms with E-state index < -0.39 is 0 Å². The summed E-state index contributed by atoms with van der Waals surface area (Å²) in [5, 5.41) is 31.6. The first-order valence-electron chi connectivity index (χ1n) is 11.4. The van der Waals surface area contributed by atoms with Crippen molar-refractivity contribution in [2.75, 3.05) is 58.9 Å². The molecule has 6 nitrogen and oxygen atoms in total. The lowest BCUT2D eigenvalue weighted by molar-refractivity contribution is 0.0161. The Labute approximate surface area is 179 Å². The van der Waals surface area contributed by atoms with Gasteiger partial charge in [0, 0.05) is 58.9 Å². The highest BCUT2D eigenvalue weighted by Crippen LogP contribution is 2.21. The Morgan fingerprint density at radius 3 is 1.10 bits per heavy atom. The number of aliphatic hydroxyl groups is 3. The van der Waals surface area contributed by atoms with E-state index in [1.165, 1.54) is 0 Å². The summed E-state index contributed by atoms with van der Waals surface area (Å²) in [6, 6.07) is 0. The van der Waals surface area contributed by atoms with Crippen LogP contribution in [0.5, 0.6) is 0 Å². The topological polar surface area (TPSA) is 70.4 Å². The Morgan fingerprint density at radius 2 is 0.862 bits per heavy atom. The van der Waals surface area contributed by atoms with Crippen LogP contribution < -0.4 is 0 Å². The summed E-state index contributed by atoms with van der Waals surface area (Å²) < 4.78 is 0. The molecule has 0 saturated carbocycles. The van der Waals surface area contributed by atoms with Crippen molar-refractivity contribution in [1.29, 1.82) is 0 Å². The van der Waals surface area contributed by atoms with E-state index in [2.05, 4.69) is 70.1 Å². The standard InChI is InChI=1S/C23H49N3O3/c1-18(2)19(27)15-24-9-11-25(16-20(28)22(3,4)5)13-14-26(12-10-24)17-21(29)23(6,7)8/h18-21,27-29H,9-17H2,1-8H3. The van der Waals surface area contributed by atoms with Gasteiger partial charge in [0.25, 0.3) is 0 Å². The zero-order valence-corrected chi connectivity index (χ0v) is 20.4. The fourth-order valence-corrected chi connectivity index (χ4v) is 3.24. The van der Waals surface area contributed by atoms with Gasteiger partial charge in [-0.05, 0) is 16.7 Å². The summed E-state index contributed by atoms with van der Waals surface area (Å²) in [5.41, 5.74) is -0.290. The number of rotatable bonds is 7. The van der Waals surface area contributed by atoms with Gasteiger partial charge in [-0.2, -0.15) is 0 Å². The molecule has 3 atom stereocenters. The summed E-state index contributed by atoms with van der Waals surface area (Å²) in [4.78, 5) is 7.02. The molecule has 1 heterocycles. The van der Waals surface area contributed by atoms with Gasteiger partial charge in [-0.25, -0.2) is 0 Å². The molecule has 1 aliphatic rings. The molecule has 3 N–H and O–H groups in total. The lowest BCUT2D eigenvalue weighted by atomic mass is 9.88. The maximum atomic E-state index is 10.6. The predicted octanol–water partition coefficient (Wildman–Crippen LogP) is 1.74. The second kappa shape index (κ2) is 11.4. The molecule has 0 radical (unpaired) electrons. The molecule has 0 aromatic rings. The first kappa shape index (κ1) is 26.8. The number of hydrogen-bond acceptors (Lipinski definition) is 6. The summed E-state index contributed by atoms with van der Waals surface area (Å²) in [7, 11) is 0. The minimum Gasteiger partial charge on any atom is -0.392 e. The zero-order valence-electron chi connectivity index (χ0n) is 20.4. The van der Waals surface area contributed by atoms with E-state index in [0.717, 1.165) is 39.3 Å². The van der Waals surface area contributed by atoms with Crippen LogP contribution >= 0.6 is 0 Å². The van der Waals surface area contributed by atoms with Crippen LogP contribution in [-0.2, 0) is 0 Å². The molecule has 0 aromatic carbocycles. The Morgan fingerprint density at radius 1 is 0.586 bits per heavy atom. The van der Waals surface area contributed by atoms with Crippen LogP contribution in [0.2, 0.25) is 0 Å². The third-order valence-corrected chi connectivity index (χ3v) is 6.27. The molecular formula is C23H49N3O3. The maximum Gasteiger partial charge on any atom is 0.0715 e. The summed E-state index contributed by atoms with van der Waals surface area (Å²) in [6.45, 7) is 23.8. The van der Waals surface area contributed by atoms with E-state index >= 15 is 0 Å². The summed E-state index contributed by atoms with van der Waals surface area (Å²) in [5.74, 6) is 0.236. The summed E-state index contributed by atoms with van der Waals surface area (Å²) >= 11 is 0. The molecule has 0 bridgehead atoms. The van der Waals surface area contributed by atoms with E-state index in [1.54, 1.807) is 0 Å². The Kier molecular flexibility index (Phi) is 10.5. The van der Waals surface area contributed by atoms with Crippen LogP contribution in [0.3, 0.4) is 0 Å². The minimum atomic E-state index is -0.383. The van der Waals surface area contributed by atoms with Gasteiger partial charge >= 0.3 is 0 Å². The van der Waals surface area contributed by atoms with Crippen LogP contribution in [0.25, 0.3) is 0 Å². The molecule has 0 spiro atoms. The molecule has 174 valence electrons. The van der Waals surface area contributed by atoms with E-state index in [1.807, 2.05) is 0 Å². The second-order valence-corrected chi connectivity index (χ2v) is 11.5. The molecule has 0 aliphatic carbocycles. The van der Waals surface area contributed by atoms with Crippen LogP contribution in [0.4, 0.5) is 0 Å². The van der Waals surface area contributed by atoms with E-state index in [0.29, 0.717) is 19.6 Å². The SMILES string of the molecule is CC(C)C(O)CN1CCN(CC(O)C(C)(C)C)CCN(CC(O)C(C)(C)C)CC1. The highest BCUT2D eigenvalue weighted by Gasteiger charge is 2.28. The molecule has 6 heteroatoms. The van der Waals surface area contributed by atoms with Gasteiger partial charge in [0.15, 0.2) is 0 Å². The van der Waals surface area contributed by atoms with Gasteiger partial charge in [0.1, 0.15) is 0 Å². The number of β-amino-alcohol motifs (C(OH)–C–C–N with tert-alkyl or cyclic N) is 3. The van der Waals surface area contributed by atoms with Crippen LogP contribution in [0, 0.1) is 16.7 Å². The highest BCUT2D eigenvalue weighted by molar-refractivity contribution is 4.82. The largest absolute Gasteiger partial charge is 0.392 e. The number of aliphatic hydroxyl groups excluding tert-OH is 3. The zero-order chi connectivity index (χ0) is 22.4. The van der Waals surface area contributed by atoms with Crippen LogP contribution in [0.15, 0.2) is 0 Å². The van der Waals surface area contributed by atoms with Crippen molar-refractivity contribution >= 4 is 0 Å². The van der Waals surface area contributed by atoms with Gasteiger partial charge in [0.05, 0.1) is 18.3 Å². The average molecular weight is 416 g/mol. The van der Waals surface area contributed by atoms with Crippen molar-refractivity contribution in [1.82, 2.24) is 14.7 Å². The maximum absolute atomic E-state index is 10.6. The lowest BCUT2D eigenvalue weighted by Crippen LogP contribution is -2.45. The molecule has 0 aromatic heterocycles. The van der Waals surface area contributed by atoms with Gasteiger partial charge in [-0.1, -0.05) is 55.4 Å². The van der Waals surface area contributed by atoms with E-state index in [4.69, 9.17) is 0 Å². The third kappa shape index (κ3) is 10.1. The molecule has 1 rings (SSSR count). The molecule has 1 aliphatic heterocycles. The smallest absolute Gasteiger partial charge is 0.0715 e. The number of nitrogens with zero attached hydrogens (tertiary/aromatic N) is 3. The van der Waals surface area contributed by atoms with Crippen molar-refractivity contribution in [3.05, 3.63) is 0 Å². The van der Waals surface area contributed by atoms with Gasteiger partial charge in [-0.3, -0.25) is 14.7 Å². The van der Waals surface area contributed by atoms with Crippen molar-refractivity contribution in [2.24, 2.45) is 16.7 Å². The van der Waals surface area contributed by atoms with E-state index in [-0.39, 0.29) is 35.1 Å². The fourth-order valence-electron chi connectivity index (χ4n) is 3.24.